The van der Waals surface area contributed by atoms with Crippen LogP contribution in [0.1, 0.15) is 367 Å². The summed E-state index contributed by atoms with van der Waals surface area (Å²) in [5, 5.41) is 0. The molecule has 0 aromatic heterocycles. The molecular weight excluding hydrogens is 997 g/mol. The summed E-state index contributed by atoms with van der Waals surface area (Å²) >= 11 is 0. The van der Waals surface area contributed by atoms with Gasteiger partial charge in [-0.1, -0.05) is 331 Å². The van der Waals surface area contributed by atoms with Crippen molar-refractivity contribution >= 4 is 17.9 Å². The Hall–Kier alpha value is -3.15. The van der Waals surface area contributed by atoms with E-state index < -0.39 is 6.10 Å². The highest BCUT2D eigenvalue weighted by Gasteiger charge is 2.19. The van der Waals surface area contributed by atoms with Crippen molar-refractivity contribution in [2.45, 2.75) is 374 Å². The van der Waals surface area contributed by atoms with Gasteiger partial charge in [0.05, 0.1) is 0 Å². The molecule has 81 heavy (non-hydrogen) atoms. The van der Waals surface area contributed by atoms with Crippen molar-refractivity contribution in [3.63, 3.8) is 0 Å². The molecule has 0 fully saturated rings. The third-order valence-electron chi connectivity index (χ3n) is 15.7. The molecule has 0 aromatic carbocycles. The van der Waals surface area contributed by atoms with Crippen LogP contribution in [0.2, 0.25) is 0 Å². The monoisotopic (exact) mass is 1130 g/mol. The third-order valence-corrected chi connectivity index (χ3v) is 15.7. The van der Waals surface area contributed by atoms with E-state index >= 15 is 0 Å². The fraction of sp³-hybridized carbons (Fsp3) is 0.800. The lowest BCUT2D eigenvalue weighted by molar-refractivity contribution is -0.167. The van der Waals surface area contributed by atoms with Crippen LogP contribution in [0.3, 0.4) is 0 Å². The lowest BCUT2D eigenvalue weighted by Gasteiger charge is -2.18. The largest absolute Gasteiger partial charge is 0.462 e. The predicted molar refractivity (Wildman–Crippen MR) is 353 cm³/mol. The number of hydrogen-bond donors (Lipinski definition) is 0. The van der Waals surface area contributed by atoms with Crippen LogP contribution in [0.25, 0.3) is 0 Å². The number of unbranched alkanes of at least 4 members (excludes halogenated alkanes) is 42. The zero-order valence-electron chi connectivity index (χ0n) is 54.1. The predicted octanol–water partition coefficient (Wildman–Crippen LogP) is 24.4. The Morgan fingerprint density at radius 2 is 0.481 bits per heavy atom. The molecule has 0 saturated heterocycles. The maximum Gasteiger partial charge on any atom is 0.306 e. The first-order valence-electron chi connectivity index (χ1n) is 35.4. The molecule has 0 aliphatic heterocycles. The van der Waals surface area contributed by atoms with Crippen molar-refractivity contribution < 1.29 is 28.6 Å². The van der Waals surface area contributed by atoms with E-state index in [-0.39, 0.29) is 31.1 Å². The number of carbonyl (C=O) groups excluding carboxylic acids is 3. The van der Waals surface area contributed by atoms with Gasteiger partial charge in [0, 0.05) is 19.3 Å². The summed E-state index contributed by atoms with van der Waals surface area (Å²) in [4.78, 5) is 38.4. The number of esters is 3. The normalized spacial score (nSPS) is 12.5. The molecule has 0 rings (SSSR count). The van der Waals surface area contributed by atoms with E-state index in [1.165, 1.54) is 231 Å². The molecule has 0 N–H and O–H groups in total. The van der Waals surface area contributed by atoms with Crippen LogP contribution in [0, 0.1) is 0 Å². The molecule has 0 heterocycles. The third kappa shape index (κ3) is 67.5. The summed E-state index contributed by atoms with van der Waals surface area (Å²) in [5.74, 6) is -0.856. The first-order valence-corrected chi connectivity index (χ1v) is 35.4. The molecule has 1 unspecified atom stereocenters. The lowest BCUT2D eigenvalue weighted by atomic mass is 10.0. The average Bonchev–Trinajstić information content (AvgIpc) is 3.47. The molecule has 470 valence electrons. The van der Waals surface area contributed by atoms with Crippen LogP contribution in [0.5, 0.6) is 0 Å². The minimum atomic E-state index is -0.777. The van der Waals surface area contributed by atoms with Crippen molar-refractivity contribution in [3.8, 4) is 0 Å². The van der Waals surface area contributed by atoms with Gasteiger partial charge in [0.1, 0.15) is 13.2 Å². The minimum Gasteiger partial charge on any atom is -0.462 e. The molecule has 0 aliphatic rings. The van der Waals surface area contributed by atoms with Crippen LogP contribution in [-0.2, 0) is 28.6 Å². The van der Waals surface area contributed by atoms with Crippen molar-refractivity contribution in [1.29, 1.82) is 0 Å². The van der Waals surface area contributed by atoms with E-state index in [2.05, 4.69) is 93.7 Å². The van der Waals surface area contributed by atoms with Crippen LogP contribution in [0.15, 0.2) is 72.9 Å². The van der Waals surface area contributed by atoms with Crippen LogP contribution in [-0.4, -0.2) is 37.2 Å². The van der Waals surface area contributed by atoms with E-state index in [0.717, 1.165) is 96.3 Å². The van der Waals surface area contributed by atoms with E-state index in [1.807, 2.05) is 0 Å². The van der Waals surface area contributed by atoms with E-state index in [4.69, 9.17) is 14.2 Å². The Kier molecular flexibility index (Phi) is 66.6. The maximum absolute atomic E-state index is 12.9. The molecule has 0 spiro atoms. The second-order valence-electron chi connectivity index (χ2n) is 23.8. The number of carbonyl (C=O) groups is 3. The van der Waals surface area contributed by atoms with Gasteiger partial charge >= 0.3 is 17.9 Å². The number of allylic oxidation sites excluding steroid dienone is 12. The first kappa shape index (κ1) is 77.9. The molecule has 0 amide bonds. The number of rotatable bonds is 65. The van der Waals surface area contributed by atoms with Crippen LogP contribution >= 0.6 is 0 Å². The highest BCUT2D eigenvalue weighted by molar-refractivity contribution is 5.71. The topological polar surface area (TPSA) is 78.9 Å². The molecule has 6 nitrogen and oxygen atoms in total. The van der Waals surface area contributed by atoms with Gasteiger partial charge in [0.15, 0.2) is 6.10 Å². The molecule has 0 aromatic rings. The summed E-state index contributed by atoms with van der Waals surface area (Å²) < 4.78 is 17.0. The Bertz CT molecular complexity index is 1490. The number of hydrogen-bond acceptors (Lipinski definition) is 6. The van der Waals surface area contributed by atoms with Gasteiger partial charge in [-0.2, -0.15) is 0 Å². The molecule has 0 bridgehead atoms. The molecule has 1 atom stereocenters. The zero-order valence-corrected chi connectivity index (χ0v) is 54.1. The molecule has 0 saturated carbocycles. The standard InChI is InChI=1S/C75H134O6/c1-4-7-10-13-16-19-22-25-28-30-31-32-33-34-35-36-37-38-39-40-41-42-43-45-47-50-53-56-59-62-65-68-74(77)80-71-72(70-79-73(76)67-64-61-58-55-52-49-46-27-24-21-18-15-12-9-6-3)81-75(78)69-66-63-60-57-54-51-48-44-29-26-23-20-17-14-11-8-5-2/h7,10,16-17,19-20,25-26,28-29,31-32,72H,4-6,8-9,11-15,18,21-24,27,30,33-71H2,1-3H3/b10-7-,19-16-,20-17-,28-25-,29-26-,32-31-. The fourth-order valence-electron chi connectivity index (χ4n) is 10.4. The highest BCUT2D eigenvalue weighted by atomic mass is 16.6. The summed E-state index contributed by atoms with van der Waals surface area (Å²) in [7, 11) is 0. The van der Waals surface area contributed by atoms with Gasteiger partial charge in [-0.05, 0) is 89.9 Å². The minimum absolute atomic E-state index is 0.0726. The fourth-order valence-corrected chi connectivity index (χ4v) is 10.4. The van der Waals surface area contributed by atoms with Crippen molar-refractivity contribution in [2.75, 3.05) is 13.2 Å². The second kappa shape index (κ2) is 69.3. The Morgan fingerprint density at radius 3 is 0.778 bits per heavy atom. The van der Waals surface area contributed by atoms with Gasteiger partial charge in [-0.15, -0.1) is 0 Å². The van der Waals surface area contributed by atoms with E-state index in [1.54, 1.807) is 0 Å². The summed E-state index contributed by atoms with van der Waals surface area (Å²) in [6, 6.07) is 0. The van der Waals surface area contributed by atoms with Crippen molar-refractivity contribution in [1.82, 2.24) is 0 Å². The molecule has 0 aliphatic carbocycles. The van der Waals surface area contributed by atoms with E-state index in [0.29, 0.717) is 19.3 Å². The Labute approximate surface area is 503 Å². The smallest absolute Gasteiger partial charge is 0.306 e. The van der Waals surface area contributed by atoms with Crippen LogP contribution in [0.4, 0.5) is 0 Å². The summed E-state index contributed by atoms with van der Waals surface area (Å²) in [6.07, 6.45) is 90.7. The molecular formula is C75H134O6. The van der Waals surface area contributed by atoms with Gasteiger partial charge in [0.2, 0.25) is 0 Å². The van der Waals surface area contributed by atoms with Gasteiger partial charge in [-0.25, -0.2) is 0 Å². The number of ether oxygens (including phenoxy) is 3. The zero-order chi connectivity index (χ0) is 58.5. The SMILES string of the molecule is CC/C=C\C/C=C\C/C=C\C/C=C\CCCCCCCCCCCCCCCCCCCCC(=O)OCC(COC(=O)CCCCCCCCCCCCCCCCC)OC(=O)CCCCCCCCC/C=C\C/C=C\CCCCC. The average molecular weight is 1130 g/mol. The summed E-state index contributed by atoms with van der Waals surface area (Å²) in [5.41, 5.74) is 0. The molecule has 0 radical (unpaired) electrons. The van der Waals surface area contributed by atoms with Crippen molar-refractivity contribution in [3.05, 3.63) is 72.9 Å². The van der Waals surface area contributed by atoms with Gasteiger partial charge in [0.25, 0.3) is 0 Å². The van der Waals surface area contributed by atoms with Crippen LogP contribution < -0.4 is 0 Å². The summed E-state index contributed by atoms with van der Waals surface area (Å²) in [6.45, 7) is 6.55. The second-order valence-corrected chi connectivity index (χ2v) is 23.8. The quantitative estimate of drug-likeness (QED) is 0.0261. The van der Waals surface area contributed by atoms with Gasteiger partial charge < -0.3 is 14.2 Å². The lowest BCUT2D eigenvalue weighted by Crippen LogP contribution is -2.30. The van der Waals surface area contributed by atoms with Crippen molar-refractivity contribution in [2.24, 2.45) is 0 Å². The Balaban J connectivity index is 4.20. The maximum atomic E-state index is 12.9. The highest BCUT2D eigenvalue weighted by Crippen LogP contribution is 2.18. The first-order chi connectivity index (χ1) is 40.0. The molecule has 6 heteroatoms. The van der Waals surface area contributed by atoms with E-state index in [9.17, 15) is 14.4 Å². The Morgan fingerprint density at radius 1 is 0.259 bits per heavy atom. The van der Waals surface area contributed by atoms with Gasteiger partial charge in [-0.3, -0.25) is 14.4 Å².